The lowest BCUT2D eigenvalue weighted by Gasteiger charge is -2.35. The lowest BCUT2D eigenvalue weighted by Crippen LogP contribution is -2.48. The van der Waals surface area contributed by atoms with Crippen molar-refractivity contribution >= 4 is 53.9 Å². The van der Waals surface area contributed by atoms with Crippen molar-refractivity contribution in [2.45, 2.75) is 46.1 Å². The summed E-state index contributed by atoms with van der Waals surface area (Å²) in [7, 11) is -5.19. The smallest absolute Gasteiger partial charge is 0.345 e. The van der Waals surface area contributed by atoms with Gasteiger partial charge < -0.3 is 62.5 Å². The molecule has 396 valence electrons. The molecular weight excluding hydrogens is 965 g/mol. The SMILES string of the molecule is COCCOCCOCCOCCOCCOCCOc1ccc2c(c1)c(C(=O)Oc1c(C)cc(C(=O)NCCC[N+](C)(CCCN)CCCS(=O)(=O)[O-])cc1C)c1ccccc1[n+]2CCCS(=O)(=O)[O-]. The van der Waals surface area contributed by atoms with E-state index in [1.54, 1.807) is 75.6 Å². The Hall–Kier alpha value is -4.43. The molecule has 4 rings (SSSR count). The molecule has 0 spiro atoms. The van der Waals surface area contributed by atoms with Crippen LogP contribution in [0.5, 0.6) is 11.5 Å². The Morgan fingerprint density at radius 1 is 0.662 bits per heavy atom. The standard InChI is InChI=1S/C49H72N4O16S2/c1-38-35-40(48(54)51-16-8-19-53(3,18-7-15-50)20-10-34-71(59,60)61)36-39(2)47(38)69-49(55)46-42-11-5-6-12-44(42)52(17-9-33-70(56,57)58)45-14-13-41(37-43(45)46)68-32-31-67-30-29-66-28-27-65-26-25-64-24-23-63-22-21-62-4/h5-6,11-14,35-37H,7-10,15-34,50H2,1-4H3,(H-2,51,54,56,57,58,59,60,61). The summed E-state index contributed by atoms with van der Waals surface area (Å²) in [5.41, 5.74) is 8.62. The summed E-state index contributed by atoms with van der Waals surface area (Å²) in [6, 6.07) is 15.7. The number of quaternary nitrogens is 1. The van der Waals surface area contributed by atoms with Crippen LogP contribution in [-0.4, -0.2) is 180 Å². The first-order valence-corrected chi connectivity index (χ1v) is 27.0. The number of benzene rings is 3. The minimum atomic E-state index is -4.48. The molecule has 1 unspecified atom stereocenters. The average Bonchev–Trinajstić information content (AvgIpc) is 3.31. The minimum absolute atomic E-state index is 0.0384. The highest BCUT2D eigenvalue weighted by Crippen LogP contribution is 2.32. The van der Waals surface area contributed by atoms with Crippen LogP contribution in [0.4, 0.5) is 0 Å². The van der Waals surface area contributed by atoms with Crippen molar-refractivity contribution in [3.8, 4) is 11.5 Å². The number of aryl methyl sites for hydroxylation is 3. The monoisotopic (exact) mass is 1040 g/mol. The van der Waals surface area contributed by atoms with E-state index in [2.05, 4.69) is 5.32 Å². The van der Waals surface area contributed by atoms with Gasteiger partial charge in [0.2, 0.25) is 11.0 Å². The molecule has 4 aromatic rings. The summed E-state index contributed by atoms with van der Waals surface area (Å²) < 4.78 is 115. The third-order valence-electron chi connectivity index (χ3n) is 11.5. The van der Waals surface area contributed by atoms with E-state index in [0.29, 0.717) is 154 Å². The van der Waals surface area contributed by atoms with Gasteiger partial charge in [0.05, 0.1) is 136 Å². The van der Waals surface area contributed by atoms with Gasteiger partial charge in [-0.05, 0) is 61.9 Å². The Labute approximate surface area is 418 Å². The Kier molecular flexibility index (Phi) is 25.5. The molecule has 1 heterocycles. The second-order valence-electron chi connectivity index (χ2n) is 17.2. The minimum Gasteiger partial charge on any atom is -0.748 e. The highest BCUT2D eigenvalue weighted by Gasteiger charge is 2.28. The number of aromatic nitrogens is 1. The number of methoxy groups -OCH3 is 1. The number of amides is 1. The highest BCUT2D eigenvalue weighted by atomic mass is 32.2. The zero-order valence-electron chi connectivity index (χ0n) is 41.5. The fourth-order valence-electron chi connectivity index (χ4n) is 8.02. The number of carbonyl (C=O) groups excluding carboxylic acids is 2. The molecular formula is C49H72N4O16S2. The number of esters is 1. The maximum atomic E-state index is 14.5. The molecule has 71 heavy (non-hydrogen) atoms. The fraction of sp³-hybridized carbons (Fsp3) is 0.571. The molecule has 0 aliphatic rings. The van der Waals surface area contributed by atoms with Crippen molar-refractivity contribution in [1.82, 2.24) is 5.32 Å². The van der Waals surface area contributed by atoms with Crippen LogP contribution in [0.25, 0.3) is 21.8 Å². The van der Waals surface area contributed by atoms with Gasteiger partial charge in [-0.1, -0.05) is 12.1 Å². The first kappa shape index (κ1) is 59.1. The number of hydrogen-bond donors (Lipinski definition) is 2. The lowest BCUT2D eigenvalue weighted by atomic mass is 10.0. The molecule has 0 radical (unpaired) electrons. The summed E-state index contributed by atoms with van der Waals surface area (Å²) in [5.74, 6) is -1.28. The zero-order valence-corrected chi connectivity index (χ0v) is 43.1. The molecule has 3 N–H and O–H groups in total. The normalized spacial score (nSPS) is 12.9. The molecule has 1 amide bonds. The molecule has 0 saturated heterocycles. The molecule has 22 heteroatoms. The van der Waals surface area contributed by atoms with Crippen LogP contribution in [0, 0.1) is 13.8 Å². The number of hydrogen-bond acceptors (Lipinski definition) is 17. The molecule has 3 aromatic carbocycles. The number of nitrogens with one attached hydrogen (secondary N) is 1. The van der Waals surface area contributed by atoms with Gasteiger partial charge in [-0.15, -0.1) is 0 Å². The van der Waals surface area contributed by atoms with E-state index < -0.39 is 37.7 Å². The number of ether oxygens (including phenoxy) is 8. The van der Waals surface area contributed by atoms with Crippen LogP contribution in [0.3, 0.4) is 0 Å². The van der Waals surface area contributed by atoms with Crippen molar-refractivity contribution in [1.29, 1.82) is 0 Å². The van der Waals surface area contributed by atoms with E-state index >= 15 is 0 Å². The fourth-order valence-corrected chi connectivity index (χ4v) is 8.99. The quantitative estimate of drug-likeness (QED) is 0.0125. The van der Waals surface area contributed by atoms with Gasteiger partial charge in [0.1, 0.15) is 18.1 Å². The Balaban J connectivity index is 1.41. The number of fused-ring (bicyclic) bond motifs is 2. The molecule has 20 nitrogen and oxygen atoms in total. The molecule has 1 atom stereocenters. The van der Waals surface area contributed by atoms with Crippen LogP contribution in [0.1, 0.15) is 57.5 Å². The second-order valence-corrected chi connectivity index (χ2v) is 20.3. The second kappa shape index (κ2) is 30.6. The molecule has 0 fully saturated rings. The summed E-state index contributed by atoms with van der Waals surface area (Å²) in [4.78, 5) is 27.9. The van der Waals surface area contributed by atoms with Gasteiger partial charge in [0, 0.05) is 68.5 Å². The van der Waals surface area contributed by atoms with Crippen LogP contribution >= 0.6 is 0 Å². The maximum Gasteiger partial charge on any atom is 0.345 e. The van der Waals surface area contributed by atoms with Crippen molar-refractivity contribution in [3.05, 3.63) is 76.9 Å². The summed E-state index contributed by atoms with van der Waals surface area (Å²) >= 11 is 0. The van der Waals surface area contributed by atoms with Gasteiger partial charge in [0.15, 0.2) is 6.54 Å². The number of para-hydroxylation sites is 1. The number of rotatable bonds is 37. The van der Waals surface area contributed by atoms with E-state index in [-0.39, 0.29) is 49.8 Å². The number of nitrogens with two attached hydrogens (primary N) is 1. The summed E-state index contributed by atoms with van der Waals surface area (Å²) in [5, 5.41) is 3.94. The molecule has 0 aliphatic carbocycles. The maximum absolute atomic E-state index is 14.5. The Bertz CT molecular complexity index is 2510. The number of carbonyl (C=O) groups is 2. The average molecular weight is 1040 g/mol. The largest absolute Gasteiger partial charge is 0.748 e. The zero-order chi connectivity index (χ0) is 51.7. The Morgan fingerprint density at radius 2 is 1.18 bits per heavy atom. The van der Waals surface area contributed by atoms with E-state index in [4.69, 9.17) is 43.6 Å². The van der Waals surface area contributed by atoms with Gasteiger partial charge in [-0.25, -0.2) is 21.6 Å². The van der Waals surface area contributed by atoms with E-state index in [1.165, 1.54) is 0 Å². The van der Waals surface area contributed by atoms with E-state index in [0.717, 1.165) is 6.42 Å². The van der Waals surface area contributed by atoms with Gasteiger partial charge in [-0.2, -0.15) is 4.57 Å². The third-order valence-corrected chi connectivity index (χ3v) is 13.0. The molecule has 1 aromatic heterocycles. The summed E-state index contributed by atoms with van der Waals surface area (Å²) in [6.07, 6.45) is 1.60. The molecule has 0 aliphatic heterocycles. The molecule has 0 saturated carbocycles. The first-order chi connectivity index (χ1) is 33.9. The van der Waals surface area contributed by atoms with E-state index in [9.17, 15) is 35.5 Å². The van der Waals surface area contributed by atoms with Crippen LogP contribution in [0.15, 0.2) is 54.6 Å². The highest BCUT2D eigenvalue weighted by molar-refractivity contribution is 7.85. The van der Waals surface area contributed by atoms with Crippen molar-refractivity contribution in [3.63, 3.8) is 0 Å². The predicted octanol–water partition coefficient (Wildman–Crippen LogP) is 3.01. The van der Waals surface area contributed by atoms with Gasteiger partial charge >= 0.3 is 5.97 Å². The van der Waals surface area contributed by atoms with E-state index in [1.807, 2.05) is 11.6 Å². The lowest BCUT2D eigenvalue weighted by molar-refractivity contribution is -0.909. The number of pyridine rings is 1. The topological polar surface area (TPSA) is 264 Å². The van der Waals surface area contributed by atoms with Gasteiger partial charge in [0.25, 0.3) is 5.91 Å². The summed E-state index contributed by atoms with van der Waals surface area (Å²) in [6.45, 7) is 11.2. The molecule has 0 bridgehead atoms. The van der Waals surface area contributed by atoms with Gasteiger partial charge in [-0.3, -0.25) is 4.79 Å². The van der Waals surface area contributed by atoms with Crippen LogP contribution < -0.4 is 25.1 Å². The third kappa shape index (κ3) is 21.3. The van der Waals surface area contributed by atoms with Crippen molar-refractivity contribution in [2.24, 2.45) is 5.73 Å². The van der Waals surface area contributed by atoms with Crippen LogP contribution in [-0.2, 0) is 55.2 Å². The Morgan fingerprint density at radius 3 is 1.76 bits per heavy atom. The van der Waals surface area contributed by atoms with Crippen molar-refractivity contribution in [2.75, 3.05) is 138 Å². The van der Waals surface area contributed by atoms with Crippen LogP contribution in [0.2, 0.25) is 0 Å². The predicted molar refractivity (Wildman–Crippen MR) is 264 cm³/mol. The number of nitrogens with zero attached hydrogens (tertiary/aromatic N) is 2. The van der Waals surface area contributed by atoms with Crippen molar-refractivity contribution < 1.29 is 82.5 Å². The first-order valence-electron chi connectivity index (χ1n) is 23.9.